The maximum absolute atomic E-state index is 12.4. The van der Waals surface area contributed by atoms with Gasteiger partial charge in [-0.2, -0.15) is 4.98 Å². The maximum Gasteiger partial charge on any atom is 0.280 e. The summed E-state index contributed by atoms with van der Waals surface area (Å²) in [5.41, 5.74) is 11.5. The van der Waals surface area contributed by atoms with Crippen LogP contribution in [0.25, 0.3) is 11.2 Å². The molecule has 1 aliphatic rings. The predicted octanol–water partition coefficient (Wildman–Crippen LogP) is -1.44. The van der Waals surface area contributed by atoms with E-state index in [9.17, 15) is 15.0 Å². The van der Waals surface area contributed by atoms with Gasteiger partial charge in [0.05, 0.1) is 19.0 Å². The van der Waals surface area contributed by atoms with Crippen LogP contribution in [0.2, 0.25) is 0 Å². The zero-order chi connectivity index (χ0) is 22.2. The lowest BCUT2D eigenvalue weighted by Gasteiger charge is -2.21. The van der Waals surface area contributed by atoms with Crippen LogP contribution in [0.15, 0.2) is 11.1 Å². The molecule has 1 fully saturated rings. The van der Waals surface area contributed by atoms with Crippen molar-refractivity contribution in [3.63, 3.8) is 0 Å². The van der Waals surface area contributed by atoms with Crippen LogP contribution in [0, 0.1) is 0 Å². The van der Waals surface area contributed by atoms with Gasteiger partial charge in [0.25, 0.3) is 5.56 Å². The molecule has 0 aromatic carbocycles. The molecule has 0 spiro atoms. The summed E-state index contributed by atoms with van der Waals surface area (Å²) in [5.74, 6) is 0.354. The molecule has 3 atom stereocenters. The molecular formula is C19H34N8O4. The van der Waals surface area contributed by atoms with E-state index in [0.29, 0.717) is 31.2 Å². The summed E-state index contributed by atoms with van der Waals surface area (Å²) >= 11 is 0. The van der Waals surface area contributed by atoms with Gasteiger partial charge >= 0.3 is 0 Å². The van der Waals surface area contributed by atoms with Crippen molar-refractivity contribution in [3.8, 4) is 0 Å². The van der Waals surface area contributed by atoms with E-state index >= 15 is 0 Å². The lowest BCUT2D eigenvalue weighted by atomic mass is 10.2. The summed E-state index contributed by atoms with van der Waals surface area (Å²) in [4.78, 5) is 26.1. The van der Waals surface area contributed by atoms with Crippen LogP contribution in [-0.4, -0.2) is 92.7 Å². The van der Waals surface area contributed by atoms with Gasteiger partial charge in [-0.1, -0.05) is 0 Å². The molecule has 0 saturated carbocycles. The number of nitrogens with zero attached hydrogens (tertiary/aromatic N) is 4. The number of ether oxygens (including phenoxy) is 1. The molecular weight excluding hydrogens is 404 g/mol. The molecule has 3 heterocycles. The second-order valence-electron chi connectivity index (χ2n) is 7.76. The number of aliphatic hydroxyl groups is 2. The number of rotatable bonds is 13. The normalized spacial score (nSPS) is 21.4. The van der Waals surface area contributed by atoms with Gasteiger partial charge in [0, 0.05) is 13.0 Å². The van der Waals surface area contributed by atoms with E-state index in [1.807, 2.05) is 0 Å². The fourth-order valence-electron chi connectivity index (χ4n) is 3.75. The highest BCUT2D eigenvalue weighted by molar-refractivity contribution is 5.70. The van der Waals surface area contributed by atoms with E-state index in [1.165, 1.54) is 6.33 Å². The number of anilines is 1. The van der Waals surface area contributed by atoms with Crippen molar-refractivity contribution in [2.24, 2.45) is 11.5 Å². The van der Waals surface area contributed by atoms with E-state index in [2.05, 4.69) is 25.2 Å². The Labute approximate surface area is 180 Å². The van der Waals surface area contributed by atoms with Gasteiger partial charge in [0.1, 0.15) is 12.3 Å². The fraction of sp³-hybridized carbons (Fsp3) is 0.737. The third-order valence-electron chi connectivity index (χ3n) is 5.43. The molecule has 174 valence electrons. The van der Waals surface area contributed by atoms with E-state index < -0.39 is 18.4 Å². The number of nitrogens with two attached hydrogens (primary N) is 2. The number of imidazole rings is 1. The van der Waals surface area contributed by atoms with Gasteiger partial charge in [-0.3, -0.25) is 14.3 Å². The first-order valence-corrected chi connectivity index (χ1v) is 10.8. The van der Waals surface area contributed by atoms with Crippen molar-refractivity contribution in [2.45, 2.75) is 44.1 Å². The van der Waals surface area contributed by atoms with Crippen molar-refractivity contribution in [1.82, 2.24) is 24.4 Å². The standard InChI is InChI=1S/C19H34N8O4/c20-4-1-7-26(8-2-5-21)9-3-6-22-19-24-17-16(18(30)25-19)23-12-27(17)15-10-13(29)14(11-28)31-15/h12-15,28-29H,1-11,20-21H2,(H2,22,24,25,30)/t13-,14+,15+/m0/s1. The molecule has 12 nitrogen and oxygen atoms in total. The summed E-state index contributed by atoms with van der Waals surface area (Å²) in [6.07, 6.45) is 2.53. The Hall–Kier alpha value is -2.09. The van der Waals surface area contributed by atoms with Gasteiger partial charge in [-0.05, 0) is 52.0 Å². The zero-order valence-corrected chi connectivity index (χ0v) is 17.7. The third kappa shape index (κ3) is 5.99. The van der Waals surface area contributed by atoms with Crippen molar-refractivity contribution in [2.75, 3.05) is 51.2 Å². The van der Waals surface area contributed by atoms with Crippen molar-refractivity contribution in [1.29, 1.82) is 0 Å². The second kappa shape index (κ2) is 11.5. The first kappa shape index (κ1) is 23.6. The Balaban J connectivity index is 1.62. The van der Waals surface area contributed by atoms with Gasteiger partial charge in [-0.15, -0.1) is 0 Å². The molecule has 1 aliphatic heterocycles. The Kier molecular flexibility index (Phi) is 8.75. The van der Waals surface area contributed by atoms with Crippen LogP contribution in [0.3, 0.4) is 0 Å². The Bertz CT molecular complexity index is 864. The van der Waals surface area contributed by atoms with Gasteiger partial charge in [0.15, 0.2) is 11.2 Å². The molecule has 2 aromatic rings. The third-order valence-corrected chi connectivity index (χ3v) is 5.43. The Morgan fingerprint density at radius 1 is 1.26 bits per heavy atom. The monoisotopic (exact) mass is 438 g/mol. The highest BCUT2D eigenvalue weighted by Crippen LogP contribution is 2.30. The molecule has 0 radical (unpaired) electrons. The lowest BCUT2D eigenvalue weighted by Crippen LogP contribution is -2.30. The van der Waals surface area contributed by atoms with Crippen molar-refractivity contribution < 1.29 is 14.9 Å². The first-order valence-electron chi connectivity index (χ1n) is 10.8. The summed E-state index contributed by atoms with van der Waals surface area (Å²) in [6, 6.07) is 0. The summed E-state index contributed by atoms with van der Waals surface area (Å²) in [5, 5.41) is 22.5. The van der Waals surface area contributed by atoms with Crippen molar-refractivity contribution in [3.05, 3.63) is 16.7 Å². The first-order chi connectivity index (χ1) is 15.1. The minimum atomic E-state index is -0.784. The molecule has 0 unspecified atom stereocenters. The maximum atomic E-state index is 12.4. The number of aromatic nitrogens is 4. The quantitative estimate of drug-likeness (QED) is 0.203. The Morgan fingerprint density at radius 3 is 2.61 bits per heavy atom. The zero-order valence-electron chi connectivity index (χ0n) is 17.7. The average Bonchev–Trinajstić information content (AvgIpc) is 3.35. The minimum absolute atomic E-state index is 0.200. The molecule has 8 N–H and O–H groups in total. The molecule has 31 heavy (non-hydrogen) atoms. The largest absolute Gasteiger partial charge is 0.394 e. The summed E-state index contributed by atoms with van der Waals surface area (Å²) in [7, 11) is 0. The highest BCUT2D eigenvalue weighted by Gasteiger charge is 2.35. The lowest BCUT2D eigenvalue weighted by molar-refractivity contribution is -0.0432. The van der Waals surface area contributed by atoms with Crippen LogP contribution in [-0.2, 0) is 4.74 Å². The summed E-state index contributed by atoms with van der Waals surface area (Å²) in [6.45, 7) is 4.47. The molecule has 0 aliphatic carbocycles. The van der Waals surface area contributed by atoms with E-state index in [1.54, 1.807) is 4.57 Å². The number of aliphatic hydroxyl groups excluding tert-OH is 2. The number of nitrogens with one attached hydrogen (secondary N) is 2. The van der Waals surface area contributed by atoms with E-state index in [-0.39, 0.29) is 24.1 Å². The number of aromatic amines is 1. The van der Waals surface area contributed by atoms with Crippen LogP contribution < -0.4 is 22.3 Å². The summed E-state index contributed by atoms with van der Waals surface area (Å²) < 4.78 is 7.29. The molecule has 2 aromatic heterocycles. The van der Waals surface area contributed by atoms with Crippen molar-refractivity contribution >= 4 is 17.1 Å². The smallest absolute Gasteiger partial charge is 0.280 e. The van der Waals surface area contributed by atoms with Crippen LogP contribution in [0.1, 0.15) is 31.9 Å². The number of fused-ring (bicyclic) bond motifs is 1. The number of H-pyrrole nitrogens is 1. The molecule has 1 saturated heterocycles. The number of hydrogen-bond donors (Lipinski definition) is 6. The molecule has 0 amide bonds. The molecule has 3 rings (SSSR count). The van der Waals surface area contributed by atoms with Crippen LogP contribution in [0.4, 0.5) is 5.95 Å². The Morgan fingerprint density at radius 2 is 1.97 bits per heavy atom. The molecule has 0 bridgehead atoms. The van der Waals surface area contributed by atoms with Gasteiger partial charge in [0.2, 0.25) is 5.95 Å². The average molecular weight is 439 g/mol. The SMILES string of the molecule is NCCCN(CCCN)CCCNc1nc2c(ncn2[C@H]2C[C@H](O)[C@@H](CO)O2)c(=O)[nH]1. The minimum Gasteiger partial charge on any atom is -0.394 e. The highest BCUT2D eigenvalue weighted by atomic mass is 16.5. The van der Waals surface area contributed by atoms with E-state index in [4.69, 9.17) is 16.2 Å². The second-order valence-corrected chi connectivity index (χ2v) is 7.76. The number of hydrogen-bond acceptors (Lipinski definition) is 10. The topological polar surface area (TPSA) is 181 Å². The van der Waals surface area contributed by atoms with Crippen LogP contribution >= 0.6 is 0 Å². The van der Waals surface area contributed by atoms with Gasteiger partial charge in [-0.25, -0.2) is 4.98 Å². The fourth-order valence-corrected chi connectivity index (χ4v) is 3.75. The predicted molar refractivity (Wildman–Crippen MR) is 117 cm³/mol. The van der Waals surface area contributed by atoms with E-state index in [0.717, 1.165) is 38.9 Å². The van der Waals surface area contributed by atoms with Gasteiger partial charge < -0.3 is 36.6 Å². The molecule has 12 heteroatoms. The van der Waals surface area contributed by atoms with Crippen LogP contribution in [0.5, 0.6) is 0 Å².